The van der Waals surface area contributed by atoms with E-state index in [0.717, 1.165) is 18.4 Å². The van der Waals surface area contributed by atoms with Crippen LogP contribution in [-0.4, -0.2) is 41.5 Å². The predicted octanol–water partition coefficient (Wildman–Crippen LogP) is 4.40. The number of ether oxygens (including phenoxy) is 3. The number of unbranched alkanes of at least 4 members (excludes halogenated alkanes) is 1. The number of para-hydroxylation sites is 2. The lowest BCUT2D eigenvalue weighted by Gasteiger charge is -2.29. The Kier molecular flexibility index (Phi) is 7.01. The van der Waals surface area contributed by atoms with Crippen LogP contribution in [0.5, 0.6) is 17.2 Å². The number of hydrogen-bond donors (Lipinski definition) is 2. The van der Waals surface area contributed by atoms with Crippen LogP contribution in [0.1, 0.15) is 38.3 Å². The molecule has 0 saturated carbocycles. The van der Waals surface area contributed by atoms with Crippen LogP contribution in [0.4, 0.5) is 11.6 Å². The van der Waals surface area contributed by atoms with Gasteiger partial charge in [0.15, 0.2) is 11.5 Å². The first-order valence-electron chi connectivity index (χ1n) is 11.2. The van der Waals surface area contributed by atoms with E-state index in [9.17, 15) is 4.79 Å². The predicted molar refractivity (Wildman–Crippen MR) is 130 cm³/mol. The van der Waals surface area contributed by atoms with Crippen molar-refractivity contribution in [1.82, 2.24) is 14.8 Å². The minimum atomic E-state index is -0.521. The van der Waals surface area contributed by atoms with E-state index in [4.69, 9.17) is 14.2 Å². The van der Waals surface area contributed by atoms with Crippen molar-refractivity contribution in [2.24, 2.45) is 0 Å². The number of nitrogens with zero attached hydrogens (tertiary/aromatic N) is 3. The Hall–Kier alpha value is -4.01. The molecule has 1 aliphatic heterocycles. The fourth-order valence-corrected chi connectivity index (χ4v) is 3.93. The van der Waals surface area contributed by atoms with E-state index < -0.39 is 6.04 Å². The normalized spacial score (nSPS) is 14.8. The maximum absolute atomic E-state index is 13.6. The first-order valence-corrected chi connectivity index (χ1v) is 11.2. The minimum absolute atomic E-state index is 0.275. The van der Waals surface area contributed by atoms with Crippen LogP contribution in [0.15, 0.2) is 60.1 Å². The molecule has 34 heavy (non-hydrogen) atoms. The summed E-state index contributed by atoms with van der Waals surface area (Å²) in [5, 5.41) is 10.6. The van der Waals surface area contributed by atoms with Crippen LogP contribution >= 0.6 is 0 Å². The average Bonchev–Trinajstić information content (AvgIpc) is 3.31. The van der Waals surface area contributed by atoms with Gasteiger partial charge >= 0.3 is 0 Å². The molecule has 3 aromatic rings. The smallest absolute Gasteiger partial charge is 0.255 e. The van der Waals surface area contributed by atoms with Crippen LogP contribution in [0, 0.1) is 0 Å². The van der Waals surface area contributed by atoms with Crippen molar-refractivity contribution in [3.8, 4) is 17.2 Å². The summed E-state index contributed by atoms with van der Waals surface area (Å²) >= 11 is 0. The first kappa shape index (κ1) is 23.2. The van der Waals surface area contributed by atoms with Gasteiger partial charge in [0.05, 0.1) is 32.1 Å². The zero-order valence-electron chi connectivity index (χ0n) is 19.8. The van der Waals surface area contributed by atoms with Crippen molar-refractivity contribution in [3.05, 3.63) is 65.6 Å². The second-order valence-corrected chi connectivity index (χ2v) is 7.86. The van der Waals surface area contributed by atoms with E-state index in [2.05, 4.69) is 27.6 Å². The summed E-state index contributed by atoms with van der Waals surface area (Å²) in [6.07, 6.45) is 3.46. The van der Waals surface area contributed by atoms with E-state index in [1.807, 2.05) is 37.3 Å². The summed E-state index contributed by atoms with van der Waals surface area (Å²) in [5.74, 6) is 2.11. The number of amides is 1. The second kappa shape index (κ2) is 10.3. The van der Waals surface area contributed by atoms with Crippen LogP contribution in [0.2, 0.25) is 0 Å². The van der Waals surface area contributed by atoms with E-state index >= 15 is 0 Å². The van der Waals surface area contributed by atoms with Crippen LogP contribution in [-0.2, 0) is 4.79 Å². The number of methoxy groups -OCH3 is 2. The molecule has 9 heteroatoms. The van der Waals surface area contributed by atoms with Crippen LogP contribution < -0.4 is 24.8 Å². The largest absolute Gasteiger partial charge is 0.495 e. The third-order valence-electron chi connectivity index (χ3n) is 5.65. The molecule has 4 rings (SSSR count). The van der Waals surface area contributed by atoms with Crippen molar-refractivity contribution < 1.29 is 19.0 Å². The summed E-state index contributed by atoms with van der Waals surface area (Å²) in [6, 6.07) is 12.4. The molecular formula is C25H29N5O4. The molecule has 178 valence electrons. The molecule has 1 atom stereocenters. The third kappa shape index (κ3) is 4.54. The molecule has 1 aromatic heterocycles. The molecule has 0 spiro atoms. The number of carbonyl (C=O) groups is 1. The van der Waals surface area contributed by atoms with Gasteiger partial charge in [-0.25, -0.2) is 4.68 Å². The van der Waals surface area contributed by atoms with Crippen molar-refractivity contribution in [2.45, 2.75) is 32.7 Å². The number of hydrogen-bond acceptors (Lipinski definition) is 7. The van der Waals surface area contributed by atoms with Gasteiger partial charge in [0, 0.05) is 5.70 Å². The maximum atomic E-state index is 13.6. The zero-order chi connectivity index (χ0) is 24.1. The van der Waals surface area contributed by atoms with Gasteiger partial charge in [-0.15, -0.1) is 0 Å². The average molecular weight is 464 g/mol. The molecular weight excluding hydrogens is 434 g/mol. The van der Waals surface area contributed by atoms with E-state index in [-0.39, 0.29) is 5.91 Å². The summed E-state index contributed by atoms with van der Waals surface area (Å²) in [7, 11) is 3.17. The highest BCUT2D eigenvalue weighted by atomic mass is 16.5. The first-order chi connectivity index (χ1) is 16.6. The lowest BCUT2D eigenvalue weighted by Crippen LogP contribution is -2.31. The molecule has 0 aliphatic carbocycles. The van der Waals surface area contributed by atoms with Gasteiger partial charge in [-0.1, -0.05) is 31.5 Å². The number of carbonyl (C=O) groups excluding carboxylic acids is 1. The maximum Gasteiger partial charge on any atom is 0.255 e. The number of rotatable bonds is 9. The summed E-state index contributed by atoms with van der Waals surface area (Å²) < 4.78 is 18.6. The highest BCUT2D eigenvalue weighted by molar-refractivity contribution is 6.06. The van der Waals surface area contributed by atoms with Crippen LogP contribution in [0.3, 0.4) is 0 Å². The van der Waals surface area contributed by atoms with Gasteiger partial charge in [-0.3, -0.25) is 4.79 Å². The van der Waals surface area contributed by atoms with E-state index in [1.165, 1.54) is 6.33 Å². The van der Waals surface area contributed by atoms with Gasteiger partial charge in [0.2, 0.25) is 5.95 Å². The van der Waals surface area contributed by atoms with Gasteiger partial charge in [0.25, 0.3) is 5.91 Å². The second-order valence-electron chi connectivity index (χ2n) is 7.86. The Morgan fingerprint density at radius 1 is 1.12 bits per heavy atom. The van der Waals surface area contributed by atoms with Crippen molar-refractivity contribution >= 4 is 17.5 Å². The Balaban J connectivity index is 1.72. The minimum Gasteiger partial charge on any atom is -0.495 e. The Morgan fingerprint density at radius 3 is 2.68 bits per heavy atom. The molecule has 2 aromatic carbocycles. The number of benzene rings is 2. The molecule has 9 nitrogen and oxygen atoms in total. The number of fused-ring (bicyclic) bond motifs is 1. The van der Waals surface area contributed by atoms with Crippen molar-refractivity contribution in [1.29, 1.82) is 0 Å². The molecule has 2 heterocycles. The SMILES string of the molecule is CCCCOc1ccc(C2C(C(=O)Nc3ccccc3OC)=C(C)Nc3ncnn32)cc1OC. The van der Waals surface area contributed by atoms with E-state index in [1.54, 1.807) is 31.0 Å². The number of nitrogens with one attached hydrogen (secondary N) is 2. The molecule has 0 fully saturated rings. The van der Waals surface area contributed by atoms with Gasteiger partial charge in [0.1, 0.15) is 18.1 Å². The highest BCUT2D eigenvalue weighted by Gasteiger charge is 2.34. The molecule has 0 bridgehead atoms. The number of aromatic nitrogens is 3. The standard InChI is InChI=1S/C25H29N5O4/c1-5-6-13-34-20-12-11-17(14-21(20)33-4)23-22(16(2)28-25-26-15-27-30(23)25)24(31)29-18-9-7-8-10-19(18)32-3/h7-12,14-15,23H,5-6,13H2,1-4H3,(H,29,31)(H,26,27,28). The molecule has 2 N–H and O–H groups in total. The lowest BCUT2D eigenvalue weighted by atomic mass is 9.94. The Bertz CT molecular complexity index is 1200. The van der Waals surface area contributed by atoms with Crippen molar-refractivity contribution in [2.75, 3.05) is 31.5 Å². The summed E-state index contributed by atoms with van der Waals surface area (Å²) in [5.41, 5.74) is 2.58. The fraction of sp³-hybridized carbons (Fsp3) is 0.320. The quantitative estimate of drug-likeness (QED) is 0.454. The molecule has 1 unspecified atom stereocenters. The summed E-state index contributed by atoms with van der Waals surface area (Å²) in [4.78, 5) is 17.9. The Labute approximate surface area is 198 Å². The van der Waals surface area contributed by atoms with Crippen LogP contribution in [0.25, 0.3) is 0 Å². The number of allylic oxidation sites excluding steroid dienone is 1. The molecule has 1 aliphatic rings. The molecule has 0 radical (unpaired) electrons. The van der Waals surface area contributed by atoms with Gasteiger partial charge in [-0.05, 0) is 43.2 Å². The fourth-order valence-electron chi connectivity index (χ4n) is 3.93. The topological polar surface area (TPSA) is 99.5 Å². The monoisotopic (exact) mass is 463 g/mol. The van der Waals surface area contributed by atoms with E-state index in [0.29, 0.717) is 46.8 Å². The zero-order valence-corrected chi connectivity index (χ0v) is 19.8. The number of anilines is 2. The lowest BCUT2D eigenvalue weighted by molar-refractivity contribution is -0.113. The third-order valence-corrected chi connectivity index (χ3v) is 5.65. The van der Waals surface area contributed by atoms with Crippen molar-refractivity contribution in [3.63, 3.8) is 0 Å². The Morgan fingerprint density at radius 2 is 1.91 bits per heavy atom. The molecule has 1 amide bonds. The van der Waals surface area contributed by atoms with Gasteiger partial charge < -0.3 is 24.8 Å². The van der Waals surface area contributed by atoms with Gasteiger partial charge in [-0.2, -0.15) is 10.1 Å². The molecule has 0 saturated heterocycles. The summed E-state index contributed by atoms with van der Waals surface area (Å²) in [6.45, 7) is 4.57. The highest BCUT2D eigenvalue weighted by Crippen LogP contribution is 2.39.